The SMILES string of the molecule is CO[C@H]1/C=C\C=C(/C)C(=O)NC2=CC(=O)C(NCCN3CCN(C(=O)Cc4ccc5c(c4)C[C@@H](CCCCCCCCC[S+]([O-])CCCC(F)(F)C(F)(F)F)[C@@H]4[C@@H]5CC[C@]5(C)[C@@H](O)CC[C@@H]45)CC3)=C(C[C@@H](C)C[C@H](OC)[C@H]3OC(=C[C@@H]3C)[C@@H]1OC(N)=O)C2=O. The molecular weight excluding hydrogens is 1180 g/mol. The zero-order valence-corrected chi connectivity index (χ0v) is 53.5. The Bertz CT molecular complexity index is 2840. The van der Waals surface area contributed by atoms with Crippen molar-refractivity contribution in [3.05, 3.63) is 93.6 Å². The fraction of sp³-hybridized carbons (Fsp3) is 0.687. The van der Waals surface area contributed by atoms with Crippen molar-refractivity contribution in [3.8, 4) is 0 Å². The number of primary amides is 1. The number of nitrogens with one attached hydrogen (secondary N) is 2. The Balaban J connectivity index is 0.835. The number of hydrogen-bond donors (Lipinski definition) is 4. The average molecular weight is 1270 g/mol. The van der Waals surface area contributed by atoms with E-state index < -0.39 is 84.1 Å². The highest BCUT2D eigenvalue weighted by Crippen LogP contribution is 2.63. The topological polar surface area (TPSA) is 222 Å². The summed E-state index contributed by atoms with van der Waals surface area (Å²) in [6.07, 6.45) is 9.60. The Hall–Kier alpha value is -5.13. The highest BCUT2D eigenvalue weighted by atomic mass is 32.2. The second-order valence-corrected chi connectivity index (χ2v) is 28.0. The molecule has 5 N–H and O–H groups in total. The number of piperazine rings is 1. The maximum Gasteiger partial charge on any atom is 0.453 e. The van der Waals surface area contributed by atoms with Gasteiger partial charge in [-0.1, -0.05) is 100 Å². The molecule has 3 amide bonds. The summed E-state index contributed by atoms with van der Waals surface area (Å²) < 4.78 is 99.7. The normalized spacial score (nSPS) is 30.9. The Morgan fingerprint density at radius 3 is 2.35 bits per heavy atom. The third-order valence-electron chi connectivity index (χ3n) is 20.2. The molecule has 13 atom stereocenters. The van der Waals surface area contributed by atoms with Gasteiger partial charge in [0.05, 0.1) is 30.0 Å². The molecule has 1 saturated heterocycles. The molecule has 7 aliphatic rings. The van der Waals surface area contributed by atoms with E-state index in [9.17, 15) is 55.6 Å². The first-order chi connectivity index (χ1) is 42.3. The first-order valence-electron chi connectivity index (χ1n) is 32.3. The summed E-state index contributed by atoms with van der Waals surface area (Å²) in [6.45, 7) is 11.0. The molecule has 1 aromatic rings. The van der Waals surface area contributed by atoms with Gasteiger partial charge in [-0.15, -0.1) is 0 Å². The predicted molar refractivity (Wildman–Crippen MR) is 328 cm³/mol. The van der Waals surface area contributed by atoms with Crippen molar-refractivity contribution in [2.45, 2.75) is 192 Å². The van der Waals surface area contributed by atoms with Crippen LogP contribution in [-0.4, -0.2) is 157 Å². The van der Waals surface area contributed by atoms with E-state index in [4.69, 9.17) is 24.7 Å². The lowest BCUT2D eigenvalue weighted by Gasteiger charge is -2.53. The number of Topliss-reactive ketones (excluding diaryl/α,β-unsaturated/α-hetero) is 1. The van der Waals surface area contributed by atoms with E-state index in [-0.39, 0.29) is 64.0 Å². The van der Waals surface area contributed by atoms with Crippen LogP contribution >= 0.6 is 0 Å². The monoisotopic (exact) mass is 1270 g/mol. The molecule has 0 aromatic heterocycles. The van der Waals surface area contributed by atoms with Crippen molar-refractivity contribution in [2.24, 2.45) is 40.7 Å². The molecule has 0 spiro atoms. The number of nitrogens with zero attached hydrogens (tertiary/aromatic N) is 2. The molecule has 16 nitrogen and oxygen atoms in total. The highest BCUT2D eigenvalue weighted by Gasteiger charge is 2.58. The second-order valence-electron chi connectivity index (χ2n) is 26.3. The Labute approximate surface area is 524 Å². The van der Waals surface area contributed by atoms with Gasteiger partial charge in [0.2, 0.25) is 17.5 Å². The molecule has 4 bridgehead atoms. The largest absolute Gasteiger partial charge is 0.616 e. The van der Waals surface area contributed by atoms with Gasteiger partial charge in [0.25, 0.3) is 5.91 Å². The van der Waals surface area contributed by atoms with E-state index in [1.165, 1.54) is 24.3 Å². The summed E-state index contributed by atoms with van der Waals surface area (Å²) in [5.41, 5.74) is 9.65. The van der Waals surface area contributed by atoms with Gasteiger partial charge in [-0.25, -0.2) is 4.79 Å². The molecule has 3 heterocycles. The maximum atomic E-state index is 14.4. The third kappa shape index (κ3) is 17.3. The summed E-state index contributed by atoms with van der Waals surface area (Å²) in [5.74, 6) is -4.30. The quantitative estimate of drug-likeness (QED) is 0.0347. The smallest absolute Gasteiger partial charge is 0.453 e. The predicted octanol–water partition coefficient (Wildman–Crippen LogP) is 10.0. The number of aliphatic hydroxyl groups is 1. The number of aliphatic hydroxyl groups excluding tert-OH is 1. The summed E-state index contributed by atoms with van der Waals surface area (Å²) in [6, 6.07) is 6.69. The van der Waals surface area contributed by atoms with Gasteiger partial charge in [-0.3, -0.25) is 24.1 Å². The van der Waals surface area contributed by atoms with E-state index in [1.54, 1.807) is 26.2 Å². The Kier molecular flexibility index (Phi) is 24.3. The van der Waals surface area contributed by atoms with Crippen molar-refractivity contribution in [2.75, 3.05) is 65.0 Å². The van der Waals surface area contributed by atoms with Crippen molar-refractivity contribution < 1.29 is 74.5 Å². The zero-order valence-electron chi connectivity index (χ0n) is 52.7. The molecule has 3 aliphatic heterocycles. The van der Waals surface area contributed by atoms with Crippen molar-refractivity contribution in [3.63, 3.8) is 0 Å². The molecule has 2 saturated carbocycles. The molecule has 3 fully saturated rings. The minimum Gasteiger partial charge on any atom is -0.616 e. The number of ketones is 2. The molecule has 89 heavy (non-hydrogen) atoms. The number of unbranched alkanes of at least 4 members (excludes halogenated alkanes) is 6. The van der Waals surface area contributed by atoms with Crippen LogP contribution in [0.2, 0.25) is 0 Å². The third-order valence-corrected chi connectivity index (χ3v) is 21.7. The lowest BCUT2D eigenvalue weighted by atomic mass is 9.52. The van der Waals surface area contributed by atoms with E-state index in [0.717, 1.165) is 88.7 Å². The molecule has 22 heteroatoms. The number of benzene rings is 1. The van der Waals surface area contributed by atoms with Gasteiger partial charge >= 0.3 is 18.2 Å². The number of allylic oxidation sites excluding steroid dienone is 4. The summed E-state index contributed by atoms with van der Waals surface area (Å²) >= 11 is -1.42. The number of methoxy groups -OCH3 is 2. The van der Waals surface area contributed by atoms with Crippen LogP contribution in [0.25, 0.3) is 0 Å². The number of ether oxygens (including phenoxy) is 4. The van der Waals surface area contributed by atoms with Crippen molar-refractivity contribution >= 4 is 40.6 Å². The molecule has 1 unspecified atom stereocenters. The number of amides is 3. The molecule has 494 valence electrons. The van der Waals surface area contributed by atoms with Crippen LogP contribution in [0.1, 0.15) is 153 Å². The number of alkyl halides is 5. The van der Waals surface area contributed by atoms with Crippen molar-refractivity contribution in [1.29, 1.82) is 0 Å². The summed E-state index contributed by atoms with van der Waals surface area (Å²) in [4.78, 5) is 72.1. The van der Waals surface area contributed by atoms with Gasteiger partial charge in [0.1, 0.15) is 29.5 Å². The zero-order chi connectivity index (χ0) is 64.4. The minimum absolute atomic E-state index is 0.0690. The van der Waals surface area contributed by atoms with E-state index in [1.807, 2.05) is 24.8 Å². The van der Waals surface area contributed by atoms with Gasteiger partial charge in [0, 0.05) is 83.0 Å². The van der Waals surface area contributed by atoms with Crippen LogP contribution in [0.5, 0.6) is 0 Å². The number of carbonyl (C=O) groups excluding carboxylic acids is 5. The maximum absolute atomic E-state index is 14.4. The number of nitrogens with two attached hydrogens (primary N) is 1. The number of carbonyl (C=O) groups is 5. The summed E-state index contributed by atoms with van der Waals surface area (Å²) in [5, 5.41) is 17.2. The van der Waals surface area contributed by atoms with E-state index >= 15 is 0 Å². The van der Waals surface area contributed by atoms with Gasteiger partial charge in [-0.2, -0.15) is 22.0 Å². The fourth-order valence-corrected chi connectivity index (χ4v) is 16.4. The molecular formula is C67H94F5N5O11S. The minimum atomic E-state index is -5.59. The van der Waals surface area contributed by atoms with Gasteiger partial charge in [-0.05, 0) is 135 Å². The fourth-order valence-electron chi connectivity index (χ4n) is 15.2. The van der Waals surface area contributed by atoms with Crippen LogP contribution in [0.15, 0.2) is 76.9 Å². The number of halogens is 5. The van der Waals surface area contributed by atoms with E-state index in [2.05, 4.69) is 40.7 Å². The van der Waals surface area contributed by atoms with Crippen LogP contribution in [-0.2, 0) is 62.1 Å². The first-order valence-corrected chi connectivity index (χ1v) is 33.7. The lowest BCUT2D eigenvalue weighted by molar-refractivity contribution is -0.284. The van der Waals surface area contributed by atoms with Crippen LogP contribution in [0, 0.1) is 35.0 Å². The summed E-state index contributed by atoms with van der Waals surface area (Å²) in [7, 11) is 3.02. The molecule has 0 radical (unpaired) electrons. The molecule has 4 aliphatic carbocycles. The molecule has 8 rings (SSSR count). The number of hydrogen-bond acceptors (Lipinski definition) is 13. The van der Waals surface area contributed by atoms with Gasteiger partial charge in [0.15, 0.2) is 6.10 Å². The van der Waals surface area contributed by atoms with Gasteiger partial charge < -0.3 is 49.9 Å². The van der Waals surface area contributed by atoms with Crippen molar-refractivity contribution in [1.82, 2.24) is 20.4 Å². The lowest BCUT2D eigenvalue weighted by Crippen LogP contribution is -2.50. The Morgan fingerprint density at radius 1 is 0.944 bits per heavy atom. The number of rotatable bonds is 23. The van der Waals surface area contributed by atoms with E-state index in [0.29, 0.717) is 93.7 Å². The van der Waals surface area contributed by atoms with Crippen LogP contribution in [0.3, 0.4) is 0 Å². The van der Waals surface area contributed by atoms with Crippen LogP contribution in [0.4, 0.5) is 26.7 Å². The molecule has 1 aromatic carbocycles. The second kappa shape index (κ2) is 31.0. The van der Waals surface area contributed by atoms with Crippen LogP contribution < -0.4 is 16.4 Å². The average Bonchev–Trinajstić information content (AvgIpc) is 1.72. The Morgan fingerprint density at radius 2 is 1.65 bits per heavy atom. The first kappa shape index (κ1) is 69.8. The standard InChI is InChI=1S/C67H94F5N5O11S/c1-41-34-49-59(52(78)40-51(60(49)81)75-63(82)42(2)16-14-18-53(85-5)62(88-64(73)83)55-36-43(3)61(87-55)54(35-41)86-6)74-26-27-76-28-30-77(31-29-76)57(80)38-44-19-20-47-46(37-44)39-45(58-48(47)23-25-65(4)50(58)21-22-56(65)79)17-12-10-8-7-9-11-13-32-89(84)33-15-24-66(68,69)67(70,71)72/h14,16,18-20,36-37,40-41,43,45,48,50,53-54,56,58,61-62,74,79H,7-13,15,17,21-35,38-39H2,1-6H3,(H2,73,83)(H,75,82)/b18-14-,42-16+/t41-,43+,45-,48-,50+,53+,54+,56+,58-,61+,62-,65+,89?/m1/s1. The highest BCUT2D eigenvalue weighted by molar-refractivity contribution is 7.91. The number of fused-ring (bicyclic) bond motifs is 9.